The van der Waals surface area contributed by atoms with Gasteiger partial charge in [-0.1, -0.05) is 24.0 Å². The van der Waals surface area contributed by atoms with Crippen LogP contribution in [0.15, 0.2) is 0 Å². The minimum atomic E-state index is 0.770. The van der Waals surface area contributed by atoms with Crippen LogP contribution in [0.1, 0.15) is 6.42 Å². The minimum absolute atomic E-state index is 0.770. The van der Waals surface area contributed by atoms with E-state index in [1.807, 2.05) is 12.1 Å². The first-order chi connectivity index (χ1) is 8.20. The Morgan fingerprint density at radius 2 is 2.06 bits per heavy atom. The number of hydrazine groups is 1. The molecule has 2 aliphatic rings. The average Bonchev–Trinajstić information content (AvgIpc) is 2.39. The van der Waals surface area contributed by atoms with Crippen molar-refractivity contribution in [1.29, 1.82) is 0 Å². The first kappa shape index (κ1) is 13.5. The maximum atomic E-state index is 5.52. The molecule has 0 saturated carbocycles. The molecular formula is C10H17N3OS3. The van der Waals surface area contributed by atoms with Crippen LogP contribution in [-0.4, -0.2) is 70.0 Å². The zero-order chi connectivity index (χ0) is 12.3. The van der Waals surface area contributed by atoms with Crippen LogP contribution >= 0.6 is 36.2 Å². The number of thiocarbonyl (C=S) groups is 2. The molecule has 2 saturated heterocycles. The highest BCUT2D eigenvalue weighted by Gasteiger charge is 2.25. The van der Waals surface area contributed by atoms with Crippen molar-refractivity contribution in [2.75, 3.05) is 45.6 Å². The number of hydrogen-bond donors (Lipinski definition) is 0. The number of rotatable bonds is 1. The molecule has 2 fully saturated rings. The molecule has 0 aromatic rings. The van der Waals surface area contributed by atoms with Crippen LogP contribution in [0.2, 0.25) is 0 Å². The summed E-state index contributed by atoms with van der Waals surface area (Å²) >= 11 is 12.6. The van der Waals surface area contributed by atoms with Gasteiger partial charge in [0, 0.05) is 32.4 Å². The summed E-state index contributed by atoms with van der Waals surface area (Å²) in [6, 6.07) is 0. The molecule has 4 nitrogen and oxygen atoms in total. The first-order valence-corrected chi connectivity index (χ1v) is 7.55. The Kier molecular flexibility index (Phi) is 4.98. The summed E-state index contributed by atoms with van der Waals surface area (Å²) in [6.45, 7) is 4.27. The lowest BCUT2D eigenvalue weighted by molar-refractivity contribution is -0.0409. The Bertz CT molecular complexity index is 307. The Hall–Kier alpha value is 0.0500. The van der Waals surface area contributed by atoms with Gasteiger partial charge in [-0.25, -0.2) is 5.01 Å². The Balaban J connectivity index is 1.95. The summed E-state index contributed by atoms with van der Waals surface area (Å²) in [5.74, 6) is 1.11. The molecule has 17 heavy (non-hydrogen) atoms. The largest absolute Gasteiger partial charge is 0.379 e. The van der Waals surface area contributed by atoms with Gasteiger partial charge >= 0.3 is 0 Å². The fraction of sp³-hybridized carbons (Fsp3) is 0.800. The van der Waals surface area contributed by atoms with Crippen molar-refractivity contribution in [3.05, 3.63) is 0 Å². The van der Waals surface area contributed by atoms with Crippen molar-refractivity contribution < 1.29 is 4.74 Å². The number of nitrogens with zero attached hydrogens (tertiary/aromatic N) is 3. The van der Waals surface area contributed by atoms with Gasteiger partial charge in [-0.15, -0.1) is 0 Å². The van der Waals surface area contributed by atoms with Gasteiger partial charge in [0.25, 0.3) is 0 Å². The molecule has 0 aromatic carbocycles. The van der Waals surface area contributed by atoms with Crippen LogP contribution in [0.4, 0.5) is 0 Å². The van der Waals surface area contributed by atoms with E-state index < -0.39 is 0 Å². The standard InChI is InChI=1S/C10H17N3OS3/c1-11(12-4-6-14-7-5-12)9(15)13-3-2-8-17-10(13)16/h2-8H2,1H3. The van der Waals surface area contributed by atoms with E-state index in [4.69, 9.17) is 29.2 Å². The average molecular weight is 291 g/mol. The normalized spacial score (nSPS) is 22.6. The Morgan fingerprint density at radius 3 is 2.71 bits per heavy atom. The van der Waals surface area contributed by atoms with Gasteiger partial charge in [0.2, 0.25) is 0 Å². The first-order valence-electron chi connectivity index (χ1n) is 5.75. The molecule has 0 N–H and O–H groups in total. The van der Waals surface area contributed by atoms with Crippen LogP contribution < -0.4 is 0 Å². The van der Waals surface area contributed by atoms with Crippen molar-refractivity contribution in [3.8, 4) is 0 Å². The number of morpholine rings is 1. The van der Waals surface area contributed by atoms with Crippen molar-refractivity contribution in [3.63, 3.8) is 0 Å². The lowest BCUT2D eigenvalue weighted by atomic mass is 10.4. The molecule has 0 aliphatic carbocycles. The molecule has 0 aromatic heterocycles. The second-order valence-electron chi connectivity index (χ2n) is 3.99. The summed E-state index contributed by atoms with van der Waals surface area (Å²) in [6.07, 6.45) is 1.14. The van der Waals surface area contributed by atoms with Crippen molar-refractivity contribution >= 4 is 45.6 Å². The van der Waals surface area contributed by atoms with E-state index in [2.05, 4.69) is 9.91 Å². The van der Waals surface area contributed by atoms with E-state index >= 15 is 0 Å². The second kappa shape index (κ2) is 6.29. The van der Waals surface area contributed by atoms with Crippen LogP contribution in [-0.2, 0) is 4.74 Å². The van der Waals surface area contributed by atoms with Gasteiger partial charge in [-0.2, -0.15) is 0 Å². The third-order valence-electron chi connectivity index (χ3n) is 2.89. The van der Waals surface area contributed by atoms with Gasteiger partial charge in [0.1, 0.15) is 4.32 Å². The zero-order valence-corrected chi connectivity index (χ0v) is 12.4. The molecule has 0 unspecified atom stereocenters. The molecule has 0 atom stereocenters. The van der Waals surface area contributed by atoms with E-state index in [0.717, 1.165) is 54.5 Å². The SMILES string of the molecule is CN(C(=S)N1CCCSC1=S)N1CCOCC1. The third kappa shape index (κ3) is 3.29. The molecule has 0 radical (unpaired) electrons. The number of ether oxygens (including phenoxy) is 1. The molecule has 96 valence electrons. The van der Waals surface area contributed by atoms with Gasteiger partial charge in [0.05, 0.1) is 13.2 Å². The van der Waals surface area contributed by atoms with Crippen LogP contribution in [0.3, 0.4) is 0 Å². The topological polar surface area (TPSA) is 19.0 Å². The van der Waals surface area contributed by atoms with E-state index in [9.17, 15) is 0 Å². The molecular weight excluding hydrogens is 274 g/mol. The van der Waals surface area contributed by atoms with E-state index in [0.29, 0.717) is 0 Å². The predicted molar refractivity (Wildman–Crippen MR) is 79.1 cm³/mol. The molecule has 2 aliphatic heterocycles. The summed E-state index contributed by atoms with van der Waals surface area (Å²) in [7, 11) is 2.01. The van der Waals surface area contributed by atoms with Crippen molar-refractivity contribution in [1.82, 2.24) is 14.9 Å². The molecule has 0 spiro atoms. The van der Waals surface area contributed by atoms with Gasteiger partial charge in [0.15, 0.2) is 5.11 Å². The van der Waals surface area contributed by atoms with Crippen LogP contribution in [0, 0.1) is 0 Å². The lowest BCUT2D eigenvalue weighted by Crippen LogP contribution is -2.55. The molecule has 2 rings (SSSR count). The van der Waals surface area contributed by atoms with E-state index in [1.165, 1.54) is 0 Å². The third-order valence-corrected chi connectivity index (χ3v) is 4.91. The summed E-state index contributed by atoms with van der Waals surface area (Å²) < 4.78 is 6.25. The minimum Gasteiger partial charge on any atom is -0.379 e. The smallest absolute Gasteiger partial charge is 0.191 e. The predicted octanol–water partition coefficient (Wildman–Crippen LogP) is 1.17. The Morgan fingerprint density at radius 1 is 1.35 bits per heavy atom. The monoisotopic (exact) mass is 291 g/mol. The fourth-order valence-electron chi connectivity index (χ4n) is 1.87. The maximum Gasteiger partial charge on any atom is 0.191 e. The molecule has 0 amide bonds. The van der Waals surface area contributed by atoms with Crippen LogP contribution in [0.25, 0.3) is 0 Å². The number of thioether (sulfide) groups is 1. The van der Waals surface area contributed by atoms with Crippen molar-refractivity contribution in [2.45, 2.75) is 6.42 Å². The van der Waals surface area contributed by atoms with Crippen molar-refractivity contribution in [2.24, 2.45) is 0 Å². The fourth-order valence-corrected chi connectivity index (χ4v) is 3.50. The quantitative estimate of drug-likeness (QED) is 0.667. The van der Waals surface area contributed by atoms with Gasteiger partial charge < -0.3 is 9.64 Å². The maximum absolute atomic E-state index is 5.52. The summed E-state index contributed by atoms with van der Waals surface area (Å²) in [4.78, 5) is 2.06. The highest BCUT2D eigenvalue weighted by Crippen LogP contribution is 2.19. The Labute approximate surface area is 117 Å². The van der Waals surface area contributed by atoms with Gasteiger partial charge in [-0.05, 0) is 18.6 Å². The summed E-state index contributed by atoms with van der Waals surface area (Å²) in [5, 5.41) is 5.06. The van der Waals surface area contributed by atoms with E-state index in [-0.39, 0.29) is 0 Å². The number of hydrogen-bond acceptors (Lipinski definition) is 5. The lowest BCUT2D eigenvalue weighted by Gasteiger charge is -2.40. The van der Waals surface area contributed by atoms with Crippen LogP contribution in [0.5, 0.6) is 0 Å². The molecule has 7 heteroatoms. The zero-order valence-electron chi connectivity index (χ0n) is 9.92. The second-order valence-corrected chi connectivity index (χ2v) is 6.09. The van der Waals surface area contributed by atoms with Gasteiger partial charge in [-0.3, -0.25) is 5.01 Å². The summed E-state index contributed by atoms with van der Waals surface area (Å²) in [5.41, 5.74) is 0. The molecule has 0 bridgehead atoms. The highest BCUT2D eigenvalue weighted by molar-refractivity contribution is 8.23. The molecule has 2 heterocycles. The van der Waals surface area contributed by atoms with E-state index in [1.54, 1.807) is 11.8 Å². The highest BCUT2D eigenvalue weighted by atomic mass is 32.2.